The molecule has 1 aromatic carbocycles. The zero-order chi connectivity index (χ0) is 19.9. The van der Waals surface area contributed by atoms with E-state index in [-0.39, 0.29) is 29.2 Å². The SMILES string of the molecule is NCCC[C@H](NC(=O)c1cccc(O)c1)C(=O)N[C@H]1CCC[C@H]1c1nn[nH]n1. The molecule has 0 bridgehead atoms. The van der Waals surface area contributed by atoms with Gasteiger partial charge < -0.3 is 21.5 Å². The van der Waals surface area contributed by atoms with E-state index in [0.717, 1.165) is 19.3 Å². The fourth-order valence-electron chi connectivity index (χ4n) is 3.53. The lowest BCUT2D eigenvalue weighted by molar-refractivity contribution is -0.123. The van der Waals surface area contributed by atoms with Crippen molar-refractivity contribution in [2.75, 3.05) is 6.54 Å². The van der Waals surface area contributed by atoms with E-state index in [1.54, 1.807) is 12.1 Å². The second-order valence-electron chi connectivity index (χ2n) is 6.93. The van der Waals surface area contributed by atoms with Gasteiger partial charge in [0.2, 0.25) is 5.91 Å². The highest BCUT2D eigenvalue weighted by molar-refractivity contribution is 5.97. The highest BCUT2D eigenvalue weighted by Gasteiger charge is 2.34. The van der Waals surface area contributed by atoms with Crippen molar-refractivity contribution in [1.82, 2.24) is 31.3 Å². The molecule has 3 rings (SSSR count). The Morgan fingerprint density at radius 1 is 1.36 bits per heavy atom. The van der Waals surface area contributed by atoms with Gasteiger partial charge in [0.15, 0.2) is 5.82 Å². The van der Waals surface area contributed by atoms with Crippen molar-refractivity contribution in [2.45, 2.75) is 50.1 Å². The molecule has 10 nitrogen and oxygen atoms in total. The number of nitrogens with zero attached hydrogens (tertiary/aromatic N) is 3. The Labute approximate surface area is 162 Å². The largest absolute Gasteiger partial charge is 0.508 e. The van der Waals surface area contributed by atoms with Crippen molar-refractivity contribution in [3.63, 3.8) is 0 Å². The van der Waals surface area contributed by atoms with Crippen LogP contribution in [-0.2, 0) is 4.79 Å². The molecule has 1 aliphatic rings. The van der Waals surface area contributed by atoms with E-state index < -0.39 is 11.9 Å². The standard InChI is InChI=1S/C18H25N7O3/c19-9-3-8-15(21-17(27)11-4-1-5-12(26)10-11)18(28)20-14-7-2-6-13(14)16-22-24-25-23-16/h1,4-5,10,13-15,26H,2-3,6-9,19H2,(H,20,28)(H,21,27)(H,22,23,24,25)/t13-,14+,15+/m1/s1. The second-order valence-corrected chi connectivity index (χ2v) is 6.93. The van der Waals surface area contributed by atoms with Crippen LogP contribution in [0.15, 0.2) is 24.3 Å². The number of hydrogen-bond acceptors (Lipinski definition) is 7. The summed E-state index contributed by atoms with van der Waals surface area (Å²) in [5, 5.41) is 29.5. The van der Waals surface area contributed by atoms with Gasteiger partial charge in [-0.05, 0) is 50.4 Å². The molecule has 28 heavy (non-hydrogen) atoms. The molecule has 1 heterocycles. The van der Waals surface area contributed by atoms with Gasteiger partial charge >= 0.3 is 0 Å². The van der Waals surface area contributed by atoms with Crippen molar-refractivity contribution >= 4 is 11.8 Å². The zero-order valence-electron chi connectivity index (χ0n) is 15.5. The topological polar surface area (TPSA) is 159 Å². The number of aromatic amines is 1. The van der Waals surface area contributed by atoms with Crippen molar-refractivity contribution in [3.8, 4) is 5.75 Å². The summed E-state index contributed by atoms with van der Waals surface area (Å²) in [5.74, 6) is -0.106. The molecular formula is C18H25N7O3. The van der Waals surface area contributed by atoms with Crippen molar-refractivity contribution < 1.29 is 14.7 Å². The molecule has 2 amide bonds. The van der Waals surface area contributed by atoms with Crippen LogP contribution < -0.4 is 16.4 Å². The summed E-state index contributed by atoms with van der Waals surface area (Å²) < 4.78 is 0. The lowest BCUT2D eigenvalue weighted by atomic mass is 10.0. The van der Waals surface area contributed by atoms with Crippen LogP contribution in [0.25, 0.3) is 0 Å². The van der Waals surface area contributed by atoms with E-state index in [2.05, 4.69) is 31.3 Å². The monoisotopic (exact) mass is 387 g/mol. The van der Waals surface area contributed by atoms with Gasteiger partial charge in [-0.2, -0.15) is 5.21 Å². The molecule has 1 saturated carbocycles. The van der Waals surface area contributed by atoms with Crippen molar-refractivity contribution in [2.24, 2.45) is 5.73 Å². The lowest BCUT2D eigenvalue weighted by Crippen LogP contribution is -2.50. The van der Waals surface area contributed by atoms with Crippen LogP contribution in [0.3, 0.4) is 0 Å². The fourth-order valence-corrected chi connectivity index (χ4v) is 3.53. The predicted octanol–water partition coefficient (Wildman–Crippen LogP) is 0.195. The van der Waals surface area contributed by atoms with Crippen molar-refractivity contribution in [3.05, 3.63) is 35.7 Å². The molecule has 0 radical (unpaired) electrons. The van der Waals surface area contributed by atoms with Crippen LogP contribution in [0.5, 0.6) is 5.75 Å². The number of nitrogens with two attached hydrogens (primary N) is 1. The maximum Gasteiger partial charge on any atom is 0.252 e. The van der Waals surface area contributed by atoms with Gasteiger partial charge in [0.05, 0.1) is 0 Å². The molecule has 0 unspecified atom stereocenters. The van der Waals surface area contributed by atoms with Gasteiger partial charge in [-0.25, -0.2) is 0 Å². The Morgan fingerprint density at radius 2 is 2.21 bits per heavy atom. The molecular weight excluding hydrogens is 362 g/mol. The fraction of sp³-hybridized carbons (Fsp3) is 0.500. The lowest BCUT2D eigenvalue weighted by Gasteiger charge is -2.23. The van der Waals surface area contributed by atoms with Gasteiger partial charge in [0.1, 0.15) is 11.8 Å². The van der Waals surface area contributed by atoms with Crippen LogP contribution in [-0.4, -0.2) is 56.2 Å². The summed E-state index contributed by atoms with van der Waals surface area (Å²) in [5.41, 5.74) is 5.87. The predicted molar refractivity (Wildman–Crippen MR) is 100 cm³/mol. The number of H-pyrrole nitrogens is 1. The molecule has 10 heteroatoms. The number of phenolic OH excluding ortho intramolecular Hbond substituents is 1. The number of amides is 2. The van der Waals surface area contributed by atoms with E-state index in [1.807, 2.05) is 0 Å². The summed E-state index contributed by atoms with van der Waals surface area (Å²) in [6, 6.07) is 5.17. The first-order chi connectivity index (χ1) is 13.6. The molecule has 6 N–H and O–H groups in total. The Balaban J connectivity index is 1.66. The van der Waals surface area contributed by atoms with Crippen molar-refractivity contribution in [1.29, 1.82) is 0 Å². The van der Waals surface area contributed by atoms with Crippen LogP contribution >= 0.6 is 0 Å². The molecule has 0 saturated heterocycles. The van der Waals surface area contributed by atoms with Crippen LogP contribution in [0.2, 0.25) is 0 Å². The Kier molecular flexibility index (Phi) is 6.53. The summed E-state index contributed by atoms with van der Waals surface area (Å²) >= 11 is 0. The third kappa shape index (κ3) is 4.83. The van der Waals surface area contributed by atoms with Gasteiger partial charge in [-0.3, -0.25) is 9.59 Å². The maximum absolute atomic E-state index is 12.9. The van der Waals surface area contributed by atoms with E-state index in [9.17, 15) is 14.7 Å². The Bertz CT molecular complexity index is 796. The average Bonchev–Trinajstić information content (AvgIpc) is 3.36. The van der Waals surface area contributed by atoms with Crippen LogP contribution in [0.1, 0.15) is 54.2 Å². The number of nitrogens with one attached hydrogen (secondary N) is 3. The smallest absolute Gasteiger partial charge is 0.252 e. The molecule has 150 valence electrons. The normalized spacial score (nSPS) is 19.9. The maximum atomic E-state index is 12.9. The second kappa shape index (κ2) is 9.27. The average molecular weight is 387 g/mol. The van der Waals surface area contributed by atoms with Gasteiger partial charge in [-0.1, -0.05) is 17.7 Å². The third-order valence-corrected chi connectivity index (χ3v) is 4.96. The number of aromatic hydroxyl groups is 1. The number of benzene rings is 1. The van der Waals surface area contributed by atoms with Crippen LogP contribution in [0.4, 0.5) is 0 Å². The molecule has 3 atom stereocenters. The Morgan fingerprint density at radius 3 is 2.93 bits per heavy atom. The molecule has 2 aromatic rings. The molecule has 1 aliphatic carbocycles. The van der Waals surface area contributed by atoms with Gasteiger partial charge in [0.25, 0.3) is 5.91 Å². The number of hydrogen-bond donors (Lipinski definition) is 5. The molecule has 1 fully saturated rings. The summed E-state index contributed by atoms with van der Waals surface area (Å²) in [4.78, 5) is 25.4. The van der Waals surface area contributed by atoms with E-state index >= 15 is 0 Å². The number of aromatic nitrogens is 4. The van der Waals surface area contributed by atoms with Gasteiger partial charge in [-0.15, -0.1) is 10.2 Å². The molecule has 1 aromatic heterocycles. The number of phenols is 1. The number of carbonyl (C=O) groups excluding carboxylic acids is 2. The minimum absolute atomic E-state index is 0.000342. The summed E-state index contributed by atoms with van der Waals surface area (Å²) in [7, 11) is 0. The molecule has 0 spiro atoms. The minimum atomic E-state index is -0.718. The summed E-state index contributed by atoms with van der Waals surface area (Å²) in [6.07, 6.45) is 3.65. The third-order valence-electron chi connectivity index (χ3n) is 4.96. The van der Waals surface area contributed by atoms with E-state index in [4.69, 9.17) is 5.73 Å². The van der Waals surface area contributed by atoms with Gasteiger partial charge in [0, 0.05) is 17.5 Å². The highest BCUT2D eigenvalue weighted by Crippen LogP contribution is 2.32. The quantitative estimate of drug-likeness (QED) is 0.432. The summed E-state index contributed by atoms with van der Waals surface area (Å²) in [6.45, 7) is 0.417. The first-order valence-corrected chi connectivity index (χ1v) is 9.42. The highest BCUT2D eigenvalue weighted by atomic mass is 16.3. The zero-order valence-corrected chi connectivity index (χ0v) is 15.5. The van der Waals surface area contributed by atoms with E-state index in [0.29, 0.717) is 25.2 Å². The Hall–Kier alpha value is -3.01. The van der Waals surface area contributed by atoms with E-state index in [1.165, 1.54) is 12.1 Å². The number of rotatable bonds is 8. The van der Waals surface area contributed by atoms with Crippen LogP contribution in [0, 0.1) is 0 Å². The first kappa shape index (κ1) is 19.7. The number of carbonyl (C=O) groups is 2. The molecule has 0 aliphatic heterocycles. The minimum Gasteiger partial charge on any atom is -0.508 e. The first-order valence-electron chi connectivity index (χ1n) is 9.42. The number of tetrazole rings is 1.